The lowest BCUT2D eigenvalue weighted by Crippen LogP contribution is -2.33. The van der Waals surface area contributed by atoms with Crippen LogP contribution in [0.3, 0.4) is 0 Å². The summed E-state index contributed by atoms with van der Waals surface area (Å²) in [6, 6.07) is 3.60. The smallest absolute Gasteiger partial charge is 0.221 e. The van der Waals surface area contributed by atoms with E-state index in [4.69, 9.17) is 4.42 Å². The van der Waals surface area contributed by atoms with Crippen LogP contribution < -0.4 is 5.32 Å². The van der Waals surface area contributed by atoms with Crippen LogP contribution in [-0.4, -0.2) is 29.8 Å². The molecule has 0 aliphatic heterocycles. The van der Waals surface area contributed by atoms with E-state index in [2.05, 4.69) is 12.2 Å². The lowest BCUT2D eigenvalue weighted by molar-refractivity contribution is -0.130. The van der Waals surface area contributed by atoms with E-state index >= 15 is 0 Å². The molecular weight excluding hydrogens is 244 g/mol. The van der Waals surface area contributed by atoms with Crippen molar-refractivity contribution >= 4 is 11.8 Å². The van der Waals surface area contributed by atoms with Crippen molar-refractivity contribution in [3.05, 3.63) is 24.2 Å². The molecule has 0 saturated heterocycles. The van der Waals surface area contributed by atoms with Gasteiger partial charge in [-0.3, -0.25) is 9.59 Å². The number of hydrogen-bond acceptors (Lipinski definition) is 3. The number of carbonyl (C=O) groups excluding carboxylic acids is 2. The molecule has 0 fully saturated rings. The molecule has 1 N–H and O–H groups in total. The first kappa shape index (κ1) is 15.3. The molecular formula is C14H22N2O3. The van der Waals surface area contributed by atoms with Gasteiger partial charge >= 0.3 is 0 Å². The second kappa shape index (κ2) is 8.34. The van der Waals surface area contributed by atoms with Crippen molar-refractivity contribution in [3.8, 4) is 0 Å². The lowest BCUT2D eigenvalue weighted by Gasteiger charge is -2.19. The highest BCUT2D eigenvalue weighted by molar-refractivity contribution is 5.77. The Bertz CT molecular complexity index is 387. The van der Waals surface area contributed by atoms with E-state index in [1.807, 2.05) is 6.07 Å². The van der Waals surface area contributed by atoms with Crippen LogP contribution >= 0.6 is 0 Å². The fourth-order valence-electron chi connectivity index (χ4n) is 1.67. The van der Waals surface area contributed by atoms with Crippen molar-refractivity contribution < 1.29 is 14.0 Å². The molecule has 5 heteroatoms. The van der Waals surface area contributed by atoms with Gasteiger partial charge in [-0.25, -0.2) is 0 Å². The maximum atomic E-state index is 11.6. The summed E-state index contributed by atoms with van der Waals surface area (Å²) in [4.78, 5) is 24.7. The first-order valence-electron chi connectivity index (χ1n) is 6.68. The normalized spacial score (nSPS) is 10.2. The molecule has 106 valence electrons. The van der Waals surface area contributed by atoms with Crippen LogP contribution in [0.15, 0.2) is 22.8 Å². The minimum atomic E-state index is -0.0576. The molecule has 19 heavy (non-hydrogen) atoms. The standard InChI is InChI=1S/C14H22N2O3/c1-3-4-8-15-14(18)7-9-16(12(2)17)11-13-6-5-10-19-13/h5-6,10H,3-4,7-9,11H2,1-2H3,(H,15,18). The molecule has 5 nitrogen and oxygen atoms in total. The minimum Gasteiger partial charge on any atom is -0.467 e. The zero-order valence-corrected chi connectivity index (χ0v) is 11.6. The van der Waals surface area contributed by atoms with Crippen LogP contribution in [0, 0.1) is 0 Å². The zero-order chi connectivity index (χ0) is 14.1. The Balaban J connectivity index is 2.33. The van der Waals surface area contributed by atoms with Crippen molar-refractivity contribution in [2.75, 3.05) is 13.1 Å². The molecule has 1 rings (SSSR count). The highest BCUT2D eigenvalue weighted by Crippen LogP contribution is 2.06. The van der Waals surface area contributed by atoms with Gasteiger partial charge in [-0.2, -0.15) is 0 Å². The quantitative estimate of drug-likeness (QED) is 0.731. The average Bonchev–Trinajstić information content (AvgIpc) is 2.87. The Kier molecular flexibility index (Phi) is 6.71. The molecule has 0 spiro atoms. The fourth-order valence-corrected chi connectivity index (χ4v) is 1.67. The second-order valence-corrected chi connectivity index (χ2v) is 4.47. The molecule has 2 amide bonds. The van der Waals surface area contributed by atoms with E-state index in [1.165, 1.54) is 6.92 Å². The highest BCUT2D eigenvalue weighted by Gasteiger charge is 2.12. The summed E-state index contributed by atoms with van der Waals surface area (Å²) in [5, 5.41) is 2.84. The van der Waals surface area contributed by atoms with Crippen LogP contribution in [0.25, 0.3) is 0 Å². The van der Waals surface area contributed by atoms with E-state index in [0.717, 1.165) is 18.6 Å². The molecule has 1 aromatic heterocycles. The van der Waals surface area contributed by atoms with Crippen LogP contribution in [0.1, 0.15) is 38.9 Å². The molecule has 0 aliphatic rings. The van der Waals surface area contributed by atoms with Gasteiger partial charge in [0.2, 0.25) is 11.8 Å². The van der Waals surface area contributed by atoms with Crippen molar-refractivity contribution in [3.63, 3.8) is 0 Å². The first-order valence-corrected chi connectivity index (χ1v) is 6.68. The maximum absolute atomic E-state index is 11.6. The summed E-state index contributed by atoms with van der Waals surface area (Å²) in [6.07, 6.45) is 3.93. The van der Waals surface area contributed by atoms with Crippen molar-refractivity contribution in [2.24, 2.45) is 0 Å². The number of rotatable bonds is 8. The van der Waals surface area contributed by atoms with E-state index in [-0.39, 0.29) is 11.8 Å². The zero-order valence-electron chi connectivity index (χ0n) is 11.6. The number of furan rings is 1. The Hall–Kier alpha value is -1.78. The Morgan fingerprint density at radius 1 is 1.42 bits per heavy atom. The van der Waals surface area contributed by atoms with Crippen LogP contribution in [0.5, 0.6) is 0 Å². The molecule has 0 atom stereocenters. The number of hydrogen-bond donors (Lipinski definition) is 1. The van der Waals surface area contributed by atoms with Gasteiger partial charge in [-0.15, -0.1) is 0 Å². The summed E-state index contributed by atoms with van der Waals surface area (Å²) >= 11 is 0. The average molecular weight is 266 g/mol. The molecule has 0 aromatic carbocycles. The van der Waals surface area contributed by atoms with Gasteiger partial charge in [0.1, 0.15) is 5.76 Å². The Morgan fingerprint density at radius 2 is 2.21 bits per heavy atom. The van der Waals surface area contributed by atoms with Crippen molar-refractivity contribution in [1.82, 2.24) is 10.2 Å². The van der Waals surface area contributed by atoms with Crippen LogP contribution in [0.4, 0.5) is 0 Å². The molecule has 0 radical (unpaired) electrons. The fraction of sp³-hybridized carbons (Fsp3) is 0.571. The Labute approximate surface area is 114 Å². The molecule has 1 aromatic rings. The Morgan fingerprint density at radius 3 is 2.79 bits per heavy atom. The van der Waals surface area contributed by atoms with Gasteiger partial charge in [0.25, 0.3) is 0 Å². The van der Waals surface area contributed by atoms with E-state index in [0.29, 0.717) is 26.1 Å². The van der Waals surface area contributed by atoms with Crippen LogP contribution in [-0.2, 0) is 16.1 Å². The monoisotopic (exact) mass is 266 g/mol. The summed E-state index contributed by atoms with van der Waals surface area (Å²) in [5.41, 5.74) is 0. The SMILES string of the molecule is CCCCNC(=O)CCN(Cc1ccco1)C(C)=O. The van der Waals surface area contributed by atoms with Gasteiger partial charge < -0.3 is 14.6 Å². The number of nitrogens with zero attached hydrogens (tertiary/aromatic N) is 1. The van der Waals surface area contributed by atoms with Gasteiger partial charge in [0, 0.05) is 26.4 Å². The van der Waals surface area contributed by atoms with Gasteiger partial charge in [0.05, 0.1) is 12.8 Å². The van der Waals surface area contributed by atoms with Gasteiger partial charge in [-0.05, 0) is 18.6 Å². The topological polar surface area (TPSA) is 62.6 Å². The van der Waals surface area contributed by atoms with Crippen molar-refractivity contribution in [1.29, 1.82) is 0 Å². The van der Waals surface area contributed by atoms with E-state index < -0.39 is 0 Å². The summed E-state index contributed by atoms with van der Waals surface area (Å²) in [6.45, 7) is 5.09. The van der Waals surface area contributed by atoms with Gasteiger partial charge in [0.15, 0.2) is 0 Å². The molecule has 0 unspecified atom stereocenters. The third kappa shape index (κ3) is 6.08. The minimum absolute atomic E-state index is 0.0147. The third-order valence-corrected chi connectivity index (χ3v) is 2.83. The number of carbonyl (C=O) groups is 2. The summed E-state index contributed by atoms with van der Waals surface area (Å²) in [7, 11) is 0. The molecule has 0 bridgehead atoms. The number of amides is 2. The van der Waals surface area contributed by atoms with Crippen molar-refractivity contribution in [2.45, 2.75) is 39.7 Å². The predicted molar refractivity (Wildman–Crippen MR) is 72.3 cm³/mol. The molecule has 1 heterocycles. The second-order valence-electron chi connectivity index (χ2n) is 4.47. The molecule has 0 aliphatic carbocycles. The lowest BCUT2D eigenvalue weighted by atomic mass is 10.3. The van der Waals surface area contributed by atoms with E-state index in [9.17, 15) is 9.59 Å². The predicted octanol–water partition coefficient (Wildman–Crippen LogP) is 1.93. The maximum Gasteiger partial charge on any atom is 0.221 e. The highest BCUT2D eigenvalue weighted by atomic mass is 16.3. The number of unbranched alkanes of at least 4 members (excludes halogenated alkanes) is 1. The molecule has 0 saturated carbocycles. The van der Waals surface area contributed by atoms with Gasteiger partial charge in [-0.1, -0.05) is 13.3 Å². The summed E-state index contributed by atoms with van der Waals surface area (Å²) < 4.78 is 5.21. The first-order chi connectivity index (χ1) is 9.13. The van der Waals surface area contributed by atoms with E-state index in [1.54, 1.807) is 17.2 Å². The largest absolute Gasteiger partial charge is 0.467 e. The number of nitrogens with one attached hydrogen (secondary N) is 1. The summed E-state index contributed by atoms with van der Waals surface area (Å²) in [5.74, 6) is 0.651. The third-order valence-electron chi connectivity index (χ3n) is 2.83. The van der Waals surface area contributed by atoms with Crippen LogP contribution in [0.2, 0.25) is 0 Å².